The Bertz CT molecular complexity index is 2180. The van der Waals surface area contributed by atoms with Crippen molar-refractivity contribution in [3.63, 3.8) is 0 Å². The summed E-state index contributed by atoms with van der Waals surface area (Å²) in [5.74, 6) is -2.89. The average Bonchev–Trinajstić information content (AvgIpc) is 3.95. The van der Waals surface area contributed by atoms with Gasteiger partial charge < -0.3 is 56.2 Å². The SMILES string of the molecule is CCCCOC(=O)N1CCN(C(=O)[C@H](CP(=O)(OCc2oc(=O)oc2C)OCc2oc(=O)oc2C)NC(=O)c2cc(N3CC[C@H](OC)C3)nc(-c3ccccc3)n2)CC1. The molecule has 2 aliphatic heterocycles. The average molecular weight is 843 g/mol. The zero-order valence-corrected chi connectivity index (χ0v) is 34.1. The maximum Gasteiger partial charge on any atom is 0.519 e. The number of benzene rings is 1. The van der Waals surface area contributed by atoms with Crippen LogP contribution in [0.4, 0.5) is 10.6 Å². The van der Waals surface area contributed by atoms with E-state index in [-0.39, 0.29) is 73.4 Å². The van der Waals surface area contributed by atoms with E-state index in [1.165, 1.54) is 29.7 Å². The molecule has 5 heterocycles. The predicted octanol–water partition coefficient (Wildman–Crippen LogP) is 3.88. The predicted molar refractivity (Wildman–Crippen MR) is 207 cm³/mol. The van der Waals surface area contributed by atoms with Gasteiger partial charge in [0, 0.05) is 58.0 Å². The molecule has 4 aromatic rings. The first-order chi connectivity index (χ1) is 28.3. The molecular weight excluding hydrogens is 795 g/mol. The molecule has 318 valence electrons. The van der Waals surface area contributed by atoms with Gasteiger partial charge in [0.25, 0.3) is 5.91 Å². The summed E-state index contributed by atoms with van der Waals surface area (Å²) in [7, 11) is -2.90. The summed E-state index contributed by atoms with van der Waals surface area (Å²) in [5.41, 5.74) is 0.550. The van der Waals surface area contributed by atoms with Crippen molar-refractivity contribution in [2.75, 3.05) is 64.0 Å². The molecule has 21 heteroatoms. The molecule has 0 bridgehead atoms. The van der Waals surface area contributed by atoms with Crippen LogP contribution in [0, 0.1) is 13.8 Å². The van der Waals surface area contributed by atoms with Crippen molar-refractivity contribution in [1.29, 1.82) is 0 Å². The number of unbranched alkanes of at least 4 members (excludes halogenated alkanes) is 1. The van der Waals surface area contributed by atoms with E-state index in [0.717, 1.165) is 12.8 Å². The minimum absolute atomic E-state index is 0.0463. The minimum atomic E-state index is -4.53. The number of piperazine rings is 1. The lowest BCUT2D eigenvalue weighted by Crippen LogP contribution is -2.57. The lowest BCUT2D eigenvalue weighted by molar-refractivity contribution is -0.134. The van der Waals surface area contributed by atoms with E-state index in [9.17, 15) is 28.5 Å². The van der Waals surface area contributed by atoms with Crippen molar-refractivity contribution < 1.29 is 55.1 Å². The third-order valence-corrected chi connectivity index (χ3v) is 11.7. The summed E-state index contributed by atoms with van der Waals surface area (Å²) in [6.45, 7) is 5.43. The van der Waals surface area contributed by atoms with Crippen LogP contribution >= 0.6 is 7.60 Å². The van der Waals surface area contributed by atoms with Crippen LogP contribution in [-0.4, -0.2) is 109 Å². The monoisotopic (exact) mass is 842 g/mol. The van der Waals surface area contributed by atoms with Crippen molar-refractivity contribution in [1.82, 2.24) is 25.1 Å². The molecule has 1 N–H and O–H groups in total. The van der Waals surface area contributed by atoms with Gasteiger partial charge in [-0.2, -0.15) is 0 Å². The number of amides is 3. The summed E-state index contributed by atoms with van der Waals surface area (Å²) in [6, 6.07) is 8.98. The van der Waals surface area contributed by atoms with Crippen LogP contribution in [0.25, 0.3) is 11.4 Å². The Labute approximate surface area is 338 Å². The molecule has 0 aliphatic carbocycles. The normalized spacial score (nSPS) is 16.3. The first-order valence-corrected chi connectivity index (χ1v) is 20.9. The molecule has 0 unspecified atom stereocenters. The second-order valence-corrected chi connectivity index (χ2v) is 16.0. The molecule has 0 radical (unpaired) electrons. The fourth-order valence-corrected chi connectivity index (χ4v) is 8.00. The number of rotatable bonds is 17. The van der Waals surface area contributed by atoms with E-state index in [1.807, 2.05) is 30.0 Å². The third kappa shape index (κ3) is 11.1. The highest BCUT2D eigenvalue weighted by Gasteiger charge is 2.39. The number of aryl methyl sites for hydroxylation is 2. The van der Waals surface area contributed by atoms with Gasteiger partial charge in [-0.15, -0.1) is 0 Å². The Morgan fingerprint density at radius 3 is 2.08 bits per heavy atom. The summed E-state index contributed by atoms with van der Waals surface area (Å²) >= 11 is 0. The highest BCUT2D eigenvalue weighted by atomic mass is 31.2. The molecule has 1 aromatic carbocycles. The fourth-order valence-electron chi connectivity index (χ4n) is 6.39. The number of carbonyl (C=O) groups is 3. The Morgan fingerprint density at radius 1 is 0.898 bits per heavy atom. The summed E-state index contributed by atoms with van der Waals surface area (Å²) < 4.78 is 57.0. The van der Waals surface area contributed by atoms with E-state index in [1.54, 1.807) is 19.2 Å². The number of carbonyl (C=O) groups excluding carboxylic acids is 3. The number of anilines is 1. The second kappa shape index (κ2) is 19.5. The Hall–Kier alpha value is -5.56. The summed E-state index contributed by atoms with van der Waals surface area (Å²) in [6.07, 6.45) is 0.998. The van der Waals surface area contributed by atoms with Gasteiger partial charge in [-0.25, -0.2) is 24.4 Å². The number of hydrogen-bond acceptors (Lipinski definition) is 17. The lowest BCUT2D eigenvalue weighted by Gasteiger charge is -2.36. The maximum atomic E-state index is 14.7. The van der Waals surface area contributed by atoms with Crippen LogP contribution in [0.5, 0.6) is 0 Å². The number of nitrogens with zero attached hydrogens (tertiary/aromatic N) is 5. The highest BCUT2D eigenvalue weighted by Crippen LogP contribution is 2.50. The van der Waals surface area contributed by atoms with Gasteiger partial charge in [-0.1, -0.05) is 43.7 Å². The second-order valence-electron chi connectivity index (χ2n) is 13.9. The zero-order chi connectivity index (χ0) is 42.1. The molecule has 2 atom stereocenters. The van der Waals surface area contributed by atoms with Crippen molar-refractivity contribution in [2.45, 2.75) is 65.4 Å². The van der Waals surface area contributed by atoms with Crippen molar-refractivity contribution in [2.24, 2.45) is 0 Å². The number of hydrogen-bond donors (Lipinski definition) is 1. The number of nitrogens with one attached hydrogen (secondary N) is 1. The van der Waals surface area contributed by atoms with Crippen LogP contribution < -0.4 is 21.9 Å². The minimum Gasteiger partial charge on any atom is -0.449 e. The smallest absolute Gasteiger partial charge is 0.449 e. The quantitative estimate of drug-likeness (QED) is 0.117. The van der Waals surface area contributed by atoms with Crippen LogP contribution in [0.3, 0.4) is 0 Å². The number of ether oxygens (including phenoxy) is 2. The standard InChI is InChI=1S/C38H47N6O14P/c1-5-6-18-52-36(47)43-16-14-42(15-17-43)35(46)29(23-59(50,53-21-30-24(2)55-37(48)57-30)54-22-31-25(3)56-38(49)58-31)40-34(45)28-19-32(44-13-12-27(20-44)51-4)41-33(39-28)26-10-8-7-9-11-26/h7-11,19,27,29H,5-6,12-18,20-23H2,1-4H3,(H,40,45)/t27-,29-/m0/s1. The first-order valence-electron chi connectivity index (χ1n) is 19.1. The molecule has 59 heavy (non-hydrogen) atoms. The van der Waals surface area contributed by atoms with Gasteiger partial charge >= 0.3 is 25.3 Å². The van der Waals surface area contributed by atoms with Crippen LogP contribution in [-0.2, 0) is 41.1 Å². The molecule has 20 nitrogen and oxygen atoms in total. The van der Waals surface area contributed by atoms with Crippen molar-refractivity contribution in [3.8, 4) is 11.4 Å². The molecule has 2 aliphatic rings. The van der Waals surface area contributed by atoms with Gasteiger partial charge in [-0.3, -0.25) is 14.2 Å². The summed E-state index contributed by atoms with van der Waals surface area (Å²) in [5, 5.41) is 2.71. The Kier molecular flexibility index (Phi) is 14.2. The first kappa shape index (κ1) is 43.0. The maximum absolute atomic E-state index is 14.7. The Balaban J connectivity index is 1.31. The molecule has 2 saturated heterocycles. The lowest BCUT2D eigenvalue weighted by atomic mass is 10.2. The molecule has 3 amide bonds. The van der Waals surface area contributed by atoms with E-state index >= 15 is 0 Å². The molecule has 0 spiro atoms. The summed E-state index contributed by atoms with van der Waals surface area (Å²) in [4.78, 5) is 79.2. The zero-order valence-electron chi connectivity index (χ0n) is 33.2. The largest absolute Gasteiger partial charge is 0.519 e. The van der Waals surface area contributed by atoms with E-state index in [4.69, 9.17) is 41.2 Å². The molecule has 6 rings (SSSR count). The molecule has 0 saturated carbocycles. The fraction of sp³-hybridized carbons (Fsp3) is 0.500. The molecule has 3 aromatic heterocycles. The van der Waals surface area contributed by atoms with Gasteiger partial charge in [0.15, 0.2) is 17.3 Å². The van der Waals surface area contributed by atoms with Gasteiger partial charge in [0.2, 0.25) is 5.91 Å². The number of methoxy groups -OCH3 is 1. The van der Waals surface area contributed by atoms with Gasteiger partial charge in [0.1, 0.15) is 42.3 Å². The van der Waals surface area contributed by atoms with Crippen molar-refractivity contribution in [3.05, 3.63) is 86.4 Å². The van der Waals surface area contributed by atoms with Crippen molar-refractivity contribution >= 4 is 31.3 Å². The topological polar surface area (TPSA) is 239 Å². The highest BCUT2D eigenvalue weighted by molar-refractivity contribution is 7.53. The molecular formula is C38H47N6O14P. The van der Waals surface area contributed by atoms with E-state index in [0.29, 0.717) is 30.9 Å². The Morgan fingerprint density at radius 2 is 1.53 bits per heavy atom. The van der Waals surface area contributed by atoms with Gasteiger partial charge in [0.05, 0.1) is 18.9 Å². The third-order valence-electron chi connectivity index (χ3n) is 9.82. The van der Waals surface area contributed by atoms with E-state index < -0.39 is 62.6 Å². The number of aromatic nitrogens is 2. The van der Waals surface area contributed by atoms with Gasteiger partial charge in [-0.05, 0) is 26.7 Å². The van der Waals surface area contributed by atoms with E-state index in [2.05, 4.69) is 10.3 Å². The van der Waals surface area contributed by atoms with Crippen LogP contribution in [0.2, 0.25) is 0 Å². The molecule has 2 fully saturated rings. The van der Waals surface area contributed by atoms with Crippen LogP contribution in [0.1, 0.15) is 59.7 Å². The van der Waals surface area contributed by atoms with Crippen LogP contribution in [0.15, 0.2) is 63.7 Å².